The third kappa shape index (κ3) is 4.43. The van der Waals surface area contributed by atoms with Crippen LogP contribution >= 0.6 is 23.4 Å². The third-order valence-corrected chi connectivity index (χ3v) is 4.94. The molecule has 1 aromatic carbocycles. The Morgan fingerprint density at radius 1 is 1.24 bits per heavy atom. The van der Waals surface area contributed by atoms with Crippen molar-refractivity contribution in [3.05, 3.63) is 53.2 Å². The second-order valence-electron chi connectivity index (χ2n) is 5.34. The molecule has 0 saturated carbocycles. The first-order chi connectivity index (χ1) is 12.1. The van der Waals surface area contributed by atoms with Crippen LogP contribution in [0, 0.1) is 0 Å². The average Bonchev–Trinajstić information content (AvgIpc) is 3.24. The molecule has 8 heteroatoms. The second kappa shape index (κ2) is 8.22. The third-order valence-electron chi connectivity index (χ3n) is 3.60. The van der Waals surface area contributed by atoms with Gasteiger partial charge < -0.3 is 10.2 Å². The summed E-state index contributed by atoms with van der Waals surface area (Å²) in [6.07, 6.45) is 2.60. The molecule has 0 bridgehead atoms. The monoisotopic (exact) mass is 376 g/mol. The van der Waals surface area contributed by atoms with Crippen LogP contribution in [-0.2, 0) is 17.8 Å². The zero-order valence-electron chi connectivity index (χ0n) is 13.4. The lowest BCUT2D eigenvalue weighted by molar-refractivity contribution is -0.118. The van der Waals surface area contributed by atoms with E-state index in [0.717, 1.165) is 27.9 Å². The largest absolute Gasteiger partial charge is 0.461 e. The average molecular weight is 377 g/mol. The minimum absolute atomic E-state index is 0.212. The predicted molar refractivity (Wildman–Crippen MR) is 97.4 cm³/mol. The van der Waals surface area contributed by atoms with Gasteiger partial charge in [0.1, 0.15) is 0 Å². The first kappa shape index (κ1) is 17.6. The number of primary amides is 1. The van der Waals surface area contributed by atoms with E-state index in [0.29, 0.717) is 18.1 Å². The fraction of sp³-hybridized carbons (Fsp3) is 0.235. The Morgan fingerprint density at radius 3 is 2.80 bits per heavy atom. The number of rotatable bonds is 8. The molecule has 0 atom stereocenters. The molecule has 1 amide bonds. The normalized spacial score (nSPS) is 10.9. The molecular weight excluding hydrogens is 360 g/mol. The molecule has 2 heterocycles. The first-order valence-electron chi connectivity index (χ1n) is 7.76. The van der Waals surface area contributed by atoms with Crippen molar-refractivity contribution in [2.24, 2.45) is 5.73 Å². The Morgan fingerprint density at radius 2 is 2.08 bits per heavy atom. The van der Waals surface area contributed by atoms with E-state index in [-0.39, 0.29) is 12.3 Å². The Hall–Kier alpha value is -2.25. The predicted octanol–water partition coefficient (Wildman–Crippen LogP) is 3.40. The van der Waals surface area contributed by atoms with E-state index in [2.05, 4.69) is 10.2 Å². The van der Waals surface area contributed by atoms with E-state index in [1.54, 1.807) is 24.1 Å². The maximum absolute atomic E-state index is 11.2. The second-order valence-corrected chi connectivity index (χ2v) is 6.81. The molecule has 0 unspecified atom stereocenters. The van der Waals surface area contributed by atoms with Gasteiger partial charge in [-0.15, -0.1) is 10.2 Å². The van der Waals surface area contributed by atoms with Crippen LogP contribution in [0.2, 0.25) is 5.02 Å². The number of amides is 1. The standard InChI is InChI=1S/C17H17ClN4O2S/c18-13-5-2-1-4-12(13)8-11-25-17-21-20-16(14-6-3-10-24-14)22(17)9-7-15(19)23/h1-6,10H,7-9,11H2,(H2,19,23). The van der Waals surface area contributed by atoms with Crippen LogP contribution in [0.3, 0.4) is 0 Å². The van der Waals surface area contributed by atoms with Crippen LogP contribution in [0.4, 0.5) is 0 Å². The van der Waals surface area contributed by atoms with Gasteiger partial charge in [-0.3, -0.25) is 9.36 Å². The lowest BCUT2D eigenvalue weighted by Gasteiger charge is -2.08. The van der Waals surface area contributed by atoms with Crippen molar-refractivity contribution in [2.45, 2.75) is 24.5 Å². The van der Waals surface area contributed by atoms with Crippen LogP contribution in [0.5, 0.6) is 0 Å². The summed E-state index contributed by atoms with van der Waals surface area (Å²) in [7, 11) is 0. The van der Waals surface area contributed by atoms with Gasteiger partial charge >= 0.3 is 0 Å². The maximum Gasteiger partial charge on any atom is 0.219 e. The summed E-state index contributed by atoms with van der Waals surface area (Å²) >= 11 is 7.74. The van der Waals surface area contributed by atoms with Crippen molar-refractivity contribution in [1.82, 2.24) is 14.8 Å². The minimum atomic E-state index is -0.369. The number of benzene rings is 1. The molecule has 25 heavy (non-hydrogen) atoms. The van der Waals surface area contributed by atoms with E-state index < -0.39 is 0 Å². The Kier molecular flexibility index (Phi) is 5.78. The molecule has 0 saturated heterocycles. The maximum atomic E-state index is 11.2. The number of halogens is 1. The Bertz CT molecular complexity index is 848. The summed E-state index contributed by atoms with van der Waals surface area (Å²) in [4.78, 5) is 11.2. The van der Waals surface area contributed by atoms with Gasteiger partial charge in [0.05, 0.1) is 6.26 Å². The lowest BCUT2D eigenvalue weighted by atomic mass is 10.2. The summed E-state index contributed by atoms with van der Waals surface area (Å²) in [6, 6.07) is 11.4. The summed E-state index contributed by atoms with van der Waals surface area (Å²) in [5.74, 6) is 1.61. The van der Waals surface area contributed by atoms with Gasteiger partial charge in [-0.2, -0.15) is 0 Å². The minimum Gasteiger partial charge on any atom is -0.461 e. The van der Waals surface area contributed by atoms with Gasteiger partial charge in [-0.05, 0) is 30.2 Å². The van der Waals surface area contributed by atoms with Crippen molar-refractivity contribution < 1.29 is 9.21 Å². The number of furan rings is 1. The number of carbonyl (C=O) groups excluding carboxylic acids is 1. The van der Waals surface area contributed by atoms with Crippen molar-refractivity contribution in [3.63, 3.8) is 0 Å². The zero-order chi connectivity index (χ0) is 17.6. The number of aryl methyl sites for hydroxylation is 1. The molecule has 0 spiro atoms. The fourth-order valence-corrected chi connectivity index (χ4v) is 3.53. The van der Waals surface area contributed by atoms with Crippen molar-refractivity contribution in [2.75, 3.05) is 5.75 Å². The summed E-state index contributed by atoms with van der Waals surface area (Å²) in [5, 5.41) is 9.92. The number of thioether (sulfide) groups is 1. The first-order valence-corrected chi connectivity index (χ1v) is 9.13. The van der Waals surface area contributed by atoms with Crippen LogP contribution in [0.15, 0.2) is 52.2 Å². The lowest BCUT2D eigenvalue weighted by Crippen LogP contribution is -2.15. The number of carbonyl (C=O) groups is 1. The number of nitrogens with zero attached hydrogens (tertiary/aromatic N) is 3. The molecular formula is C17H17ClN4O2S. The SMILES string of the molecule is NC(=O)CCn1c(SCCc2ccccc2Cl)nnc1-c1ccco1. The number of hydrogen-bond acceptors (Lipinski definition) is 5. The van der Waals surface area contributed by atoms with Gasteiger partial charge in [-0.1, -0.05) is 41.6 Å². The number of hydrogen-bond donors (Lipinski definition) is 1. The van der Waals surface area contributed by atoms with E-state index in [1.165, 1.54) is 0 Å². The summed E-state index contributed by atoms with van der Waals surface area (Å²) < 4.78 is 7.27. The van der Waals surface area contributed by atoms with Crippen molar-refractivity contribution in [1.29, 1.82) is 0 Å². The van der Waals surface area contributed by atoms with Gasteiger partial charge in [0.25, 0.3) is 0 Å². The molecule has 0 aliphatic rings. The molecule has 6 nitrogen and oxygen atoms in total. The van der Waals surface area contributed by atoms with Gasteiger partial charge in [0.15, 0.2) is 16.7 Å². The molecule has 0 fully saturated rings. The fourth-order valence-electron chi connectivity index (χ4n) is 2.36. The Labute approximate surface area is 154 Å². The van der Waals surface area contributed by atoms with Crippen molar-refractivity contribution >= 4 is 29.3 Å². The van der Waals surface area contributed by atoms with Gasteiger partial charge in [0.2, 0.25) is 5.91 Å². The quantitative estimate of drug-likeness (QED) is 0.609. The van der Waals surface area contributed by atoms with Crippen LogP contribution in [0.1, 0.15) is 12.0 Å². The number of nitrogens with two attached hydrogens (primary N) is 1. The highest BCUT2D eigenvalue weighted by molar-refractivity contribution is 7.99. The van der Waals surface area contributed by atoms with E-state index in [4.69, 9.17) is 21.8 Å². The molecule has 2 aromatic heterocycles. The molecule has 0 radical (unpaired) electrons. The highest BCUT2D eigenvalue weighted by Crippen LogP contribution is 2.26. The van der Waals surface area contributed by atoms with Gasteiger partial charge in [0, 0.05) is 23.7 Å². The molecule has 0 aliphatic carbocycles. The summed E-state index contributed by atoms with van der Waals surface area (Å²) in [5.41, 5.74) is 6.37. The highest BCUT2D eigenvalue weighted by atomic mass is 35.5. The molecule has 0 aliphatic heterocycles. The van der Waals surface area contributed by atoms with E-state index in [9.17, 15) is 4.79 Å². The van der Waals surface area contributed by atoms with Crippen LogP contribution in [0.25, 0.3) is 11.6 Å². The van der Waals surface area contributed by atoms with E-state index in [1.807, 2.05) is 34.9 Å². The highest BCUT2D eigenvalue weighted by Gasteiger charge is 2.17. The van der Waals surface area contributed by atoms with E-state index >= 15 is 0 Å². The molecule has 3 rings (SSSR count). The van der Waals surface area contributed by atoms with Crippen LogP contribution in [-0.4, -0.2) is 26.4 Å². The molecule has 3 aromatic rings. The van der Waals surface area contributed by atoms with Crippen LogP contribution < -0.4 is 5.73 Å². The Balaban J connectivity index is 1.74. The molecule has 2 N–H and O–H groups in total. The van der Waals surface area contributed by atoms with Crippen molar-refractivity contribution in [3.8, 4) is 11.6 Å². The topological polar surface area (TPSA) is 86.9 Å². The smallest absolute Gasteiger partial charge is 0.219 e. The number of aromatic nitrogens is 3. The zero-order valence-corrected chi connectivity index (χ0v) is 15.0. The molecule has 130 valence electrons. The van der Waals surface area contributed by atoms with Gasteiger partial charge in [-0.25, -0.2) is 0 Å². The summed E-state index contributed by atoms with van der Waals surface area (Å²) in [6.45, 7) is 0.410.